The Kier molecular flexibility index (Phi) is 2.82. The molecular formula is C12H18N2. The summed E-state index contributed by atoms with van der Waals surface area (Å²) in [4.78, 5) is 4.28. The Morgan fingerprint density at radius 1 is 1.50 bits per heavy atom. The fourth-order valence-electron chi connectivity index (χ4n) is 1.64. The average Bonchev–Trinajstić information content (AvgIpc) is 3.00. The molecule has 1 aromatic rings. The lowest BCUT2D eigenvalue weighted by molar-refractivity contribution is 0.496. The van der Waals surface area contributed by atoms with Gasteiger partial charge in [0.05, 0.1) is 0 Å². The van der Waals surface area contributed by atoms with Gasteiger partial charge in [0.2, 0.25) is 0 Å². The number of rotatable bonds is 4. The Balaban J connectivity index is 1.82. The molecule has 2 nitrogen and oxygen atoms in total. The van der Waals surface area contributed by atoms with E-state index < -0.39 is 0 Å². The summed E-state index contributed by atoms with van der Waals surface area (Å²) >= 11 is 0. The first-order valence-corrected chi connectivity index (χ1v) is 5.40. The quantitative estimate of drug-likeness (QED) is 0.788. The maximum atomic E-state index is 4.28. The predicted molar refractivity (Wildman–Crippen MR) is 58.0 cm³/mol. The molecule has 1 aliphatic rings. The number of hydrogen-bond donors (Lipinski definition) is 1. The van der Waals surface area contributed by atoms with Crippen LogP contribution in [0.25, 0.3) is 0 Å². The SMILES string of the molecule is Cc1ccc(CNC(C)C2CC2)cn1. The highest BCUT2D eigenvalue weighted by molar-refractivity contribution is 5.12. The van der Waals surface area contributed by atoms with Gasteiger partial charge in [-0.2, -0.15) is 0 Å². The van der Waals surface area contributed by atoms with E-state index in [1.54, 1.807) is 0 Å². The number of hydrogen-bond acceptors (Lipinski definition) is 2. The van der Waals surface area contributed by atoms with Crippen molar-refractivity contribution in [2.45, 2.75) is 39.3 Å². The summed E-state index contributed by atoms with van der Waals surface area (Å²) in [5.74, 6) is 0.924. The summed E-state index contributed by atoms with van der Waals surface area (Å²) in [7, 11) is 0. The summed E-state index contributed by atoms with van der Waals surface area (Å²) in [5.41, 5.74) is 2.37. The molecule has 1 unspecified atom stereocenters. The second kappa shape index (κ2) is 4.09. The van der Waals surface area contributed by atoms with E-state index in [1.807, 2.05) is 13.1 Å². The largest absolute Gasteiger partial charge is 0.310 e. The Morgan fingerprint density at radius 2 is 2.29 bits per heavy atom. The van der Waals surface area contributed by atoms with Crippen molar-refractivity contribution in [3.63, 3.8) is 0 Å². The third-order valence-corrected chi connectivity index (χ3v) is 2.93. The van der Waals surface area contributed by atoms with E-state index in [0.29, 0.717) is 6.04 Å². The van der Waals surface area contributed by atoms with Crippen molar-refractivity contribution in [2.24, 2.45) is 5.92 Å². The number of aromatic nitrogens is 1. The third-order valence-electron chi connectivity index (χ3n) is 2.93. The summed E-state index contributed by atoms with van der Waals surface area (Å²) in [6.45, 7) is 5.24. The number of nitrogens with zero attached hydrogens (tertiary/aromatic N) is 1. The van der Waals surface area contributed by atoms with E-state index in [1.165, 1.54) is 18.4 Å². The second-order valence-electron chi connectivity index (χ2n) is 4.31. The first-order chi connectivity index (χ1) is 6.75. The van der Waals surface area contributed by atoms with Crippen molar-refractivity contribution in [2.75, 3.05) is 0 Å². The van der Waals surface area contributed by atoms with Crippen molar-refractivity contribution in [1.29, 1.82) is 0 Å². The van der Waals surface area contributed by atoms with E-state index in [-0.39, 0.29) is 0 Å². The van der Waals surface area contributed by atoms with Gasteiger partial charge in [-0.25, -0.2) is 0 Å². The standard InChI is InChI=1S/C12H18N2/c1-9-3-4-11(7-13-9)8-14-10(2)12-5-6-12/h3-4,7,10,12,14H,5-6,8H2,1-2H3. The van der Waals surface area contributed by atoms with Gasteiger partial charge in [0.25, 0.3) is 0 Å². The van der Waals surface area contributed by atoms with Crippen LogP contribution < -0.4 is 5.32 Å². The first-order valence-electron chi connectivity index (χ1n) is 5.40. The highest BCUT2D eigenvalue weighted by atomic mass is 14.9. The molecule has 76 valence electrons. The Morgan fingerprint density at radius 3 is 2.86 bits per heavy atom. The summed E-state index contributed by atoms with van der Waals surface area (Å²) < 4.78 is 0. The van der Waals surface area contributed by atoms with E-state index in [9.17, 15) is 0 Å². The minimum absolute atomic E-state index is 0.663. The topological polar surface area (TPSA) is 24.9 Å². The lowest BCUT2D eigenvalue weighted by atomic mass is 10.2. The van der Waals surface area contributed by atoms with Crippen LogP contribution in [0.4, 0.5) is 0 Å². The molecule has 0 bridgehead atoms. The van der Waals surface area contributed by atoms with Crippen LogP contribution in [0.5, 0.6) is 0 Å². The fraction of sp³-hybridized carbons (Fsp3) is 0.583. The Hall–Kier alpha value is -0.890. The van der Waals surface area contributed by atoms with Gasteiger partial charge in [-0.1, -0.05) is 6.07 Å². The van der Waals surface area contributed by atoms with Crippen molar-refractivity contribution in [3.8, 4) is 0 Å². The molecule has 2 heteroatoms. The van der Waals surface area contributed by atoms with Gasteiger partial charge in [-0.05, 0) is 44.2 Å². The lowest BCUT2D eigenvalue weighted by Crippen LogP contribution is -2.27. The highest BCUT2D eigenvalue weighted by Gasteiger charge is 2.27. The monoisotopic (exact) mass is 190 g/mol. The van der Waals surface area contributed by atoms with Crippen LogP contribution in [0, 0.1) is 12.8 Å². The molecule has 0 aliphatic heterocycles. The lowest BCUT2D eigenvalue weighted by Gasteiger charge is -2.12. The van der Waals surface area contributed by atoms with E-state index in [2.05, 4.69) is 29.4 Å². The van der Waals surface area contributed by atoms with Crippen LogP contribution in [-0.4, -0.2) is 11.0 Å². The fourth-order valence-corrected chi connectivity index (χ4v) is 1.64. The van der Waals surface area contributed by atoms with Crippen molar-refractivity contribution in [3.05, 3.63) is 29.6 Å². The Labute approximate surface area is 85.7 Å². The number of nitrogens with one attached hydrogen (secondary N) is 1. The molecule has 1 fully saturated rings. The third kappa shape index (κ3) is 2.55. The molecule has 1 atom stereocenters. The van der Waals surface area contributed by atoms with Gasteiger partial charge in [-0.3, -0.25) is 4.98 Å². The molecule has 1 N–H and O–H groups in total. The van der Waals surface area contributed by atoms with Crippen molar-refractivity contribution < 1.29 is 0 Å². The molecule has 14 heavy (non-hydrogen) atoms. The highest BCUT2D eigenvalue weighted by Crippen LogP contribution is 2.32. The predicted octanol–water partition coefficient (Wildman–Crippen LogP) is 2.28. The zero-order valence-corrected chi connectivity index (χ0v) is 8.96. The maximum absolute atomic E-state index is 4.28. The zero-order valence-electron chi connectivity index (χ0n) is 8.96. The maximum Gasteiger partial charge on any atom is 0.0372 e. The van der Waals surface area contributed by atoms with Gasteiger partial charge in [0.15, 0.2) is 0 Å². The molecular weight excluding hydrogens is 172 g/mol. The van der Waals surface area contributed by atoms with Gasteiger partial charge < -0.3 is 5.32 Å². The molecule has 2 rings (SSSR count). The molecule has 0 saturated heterocycles. The minimum atomic E-state index is 0.663. The van der Waals surface area contributed by atoms with Gasteiger partial charge in [0, 0.05) is 24.5 Å². The minimum Gasteiger partial charge on any atom is -0.310 e. The van der Waals surface area contributed by atoms with Gasteiger partial charge in [0.1, 0.15) is 0 Å². The van der Waals surface area contributed by atoms with Gasteiger partial charge in [-0.15, -0.1) is 0 Å². The molecule has 1 aliphatic carbocycles. The van der Waals surface area contributed by atoms with Crippen LogP contribution in [0.3, 0.4) is 0 Å². The van der Waals surface area contributed by atoms with Crippen LogP contribution in [-0.2, 0) is 6.54 Å². The Bertz CT molecular complexity index is 288. The van der Waals surface area contributed by atoms with Crippen molar-refractivity contribution >= 4 is 0 Å². The molecule has 0 spiro atoms. The van der Waals surface area contributed by atoms with E-state index in [0.717, 1.165) is 18.2 Å². The normalized spacial score (nSPS) is 18.1. The summed E-state index contributed by atoms with van der Waals surface area (Å²) in [5, 5.41) is 3.54. The number of pyridine rings is 1. The molecule has 1 heterocycles. The summed E-state index contributed by atoms with van der Waals surface area (Å²) in [6.07, 6.45) is 4.77. The van der Waals surface area contributed by atoms with E-state index >= 15 is 0 Å². The van der Waals surface area contributed by atoms with Gasteiger partial charge >= 0.3 is 0 Å². The smallest absolute Gasteiger partial charge is 0.0372 e. The summed E-state index contributed by atoms with van der Waals surface area (Å²) in [6, 6.07) is 4.88. The van der Waals surface area contributed by atoms with Crippen LogP contribution in [0.15, 0.2) is 18.3 Å². The first kappa shape index (κ1) is 9.66. The molecule has 0 aromatic carbocycles. The van der Waals surface area contributed by atoms with Crippen LogP contribution in [0.1, 0.15) is 31.0 Å². The average molecular weight is 190 g/mol. The van der Waals surface area contributed by atoms with Crippen LogP contribution >= 0.6 is 0 Å². The van der Waals surface area contributed by atoms with E-state index in [4.69, 9.17) is 0 Å². The molecule has 1 saturated carbocycles. The molecule has 0 amide bonds. The van der Waals surface area contributed by atoms with Crippen molar-refractivity contribution in [1.82, 2.24) is 10.3 Å². The molecule has 1 aromatic heterocycles. The van der Waals surface area contributed by atoms with Crippen LogP contribution in [0.2, 0.25) is 0 Å². The number of aryl methyl sites for hydroxylation is 1. The molecule has 0 radical (unpaired) electrons. The second-order valence-corrected chi connectivity index (χ2v) is 4.31. The zero-order chi connectivity index (χ0) is 9.97.